The second-order valence-electron chi connectivity index (χ2n) is 5.66. The SMILES string of the molecule is CCNC(=NCc1sc(C)nc1C)NC(C)c1ccccc1C. The Morgan fingerprint density at radius 2 is 2.00 bits per heavy atom. The van der Waals surface area contributed by atoms with Crippen LogP contribution in [0.5, 0.6) is 0 Å². The fourth-order valence-corrected chi connectivity index (χ4v) is 3.41. The van der Waals surface area contributed by atoms with Crippen molar-refractivity contribution in [3.05, 3.63) is 51.0 Å². The van der Waals surface area contributed by atoms with Crippen LogP contribution >= 0.6 is 11.3 Å². The molecular weight excluding hydrogens is 304 g/mol. The first-order valence-electron chi connectivity index (χ1n) is 8.04. The van der Waals surface area contributed by atoms with Gasteiger partial charge in [-0.3, -0.25) is 0 Å². The van der Waals surface area contributed by atoms with Crippen molar-refractivity contribution in [2.75, 3.05) is 6.54 Å². The number of hydrogen-bond donors (Lipinski definition) is 2. The van der Waals surface area contributed by atoms with Gasteiger partial charge in [-0.15, -0.1) is 11.3 Å². The Kier molecular flexibility index (Phi) is 6.16. The van der Waals surface area contributed by atoms with Crippen LogP contribution in [0.15, 0.2) is 29.3 Å². The van der Waals surface area contributed by atoms with Crippen LogP contribution in [0.2, 0.25) is 0 Å². The summed E-state index contributed by atoms with van der Waals surface area (Å²) in [6.45, 7) is 12.0. The van der Waals surface area contributed by atoms with E-state index in [9.17, 15) is 0 Å². The first-order chi connectivity index (χ1) is 11.0. The molecular formula is C18H26N4S. The van der Waals surface area contributed by atoms with Gasteiger partial charge < -0.3 is 10.6 Å². The summed E-state index contributed by atoms with van der Waals surface area (Å²) in [6.07, 6.45) is 0. The Labute approximate surface area is 143 Å². The van der Waals surface area contributed by atoms with Gasteiger partial charge in [0.05, 0.1) is 23.3 Å². The maximum absolute atomic E-state index is 4.72. The Morgan fingerprint density at radius 1 is 1.26 bits per heavy atom. The van der Waals surface area contributed by atoms with E-state index < -0.39 is 0 Å². The monoisotopic (exact) mass is 330 g/mol. The number of hydrogen-bond acceptors (Lipinski definition) is 3. The number of aromatic nitrogens is 1. The highest BCUT2D eigenvalue weighted by Crippen LogP contribution is 2.19. The fourth-order valence-electron chi connectivity index (χ4n) is 2.55. The quantitative estimate of drug-likeness (QED) is 0.646. The number of aliphatic imine (C=N–C) groups is 1. The van der Waals surface area contributed by atoms with Crippen LogP contribution in [0.4, 0.5) is 0 Å². The minimum Gasteiger partial charge on any atom is -0.357 e. The third kappa shape index (κ3) is 4.79. The molecule has 124 valence electrons. The van der Waals surface area contributed by atoms with Crippen molar-refractivity contribution in [1.82, 2.24) is 15.6 Å². The van der Waals surface area contributed by atoms with Crippen LogP contribution in [0.1, 0.15) is 46.6 Å². The minimum absolute atomic E-state index is 0.207. The van der Waals surface area contributed by atoms with Crippen molar-refractivity contribution < 1.29 is 0 Å². The van der Waals surface area contributed by atoms with Crippen LogP contribution in [-0.2, 0) is 6.54 Å². The Hall–Kier alpha value is -1.88. The average Bonchev–Trinajstić information content (AvgIpc) is 2.83. The standard InChI is InChI=1S/C18H26N4S/c1-6-19-18(20-11-17-14(4)21-15(5)23-17)22-13(3)16-10-8-7-9-12(16)2/h7-10,13H,6,11H2,1-5H3,(H2,19,20,22). The van der Waals surface area contributed by atoms with Crippen molar-refractivity contribution in [2.24, 2.45) is 4.99 Å². The molecule has 1 unspecified atom stereocenters. The molecule has 5 heteroatoms. The maximum Gasteiger partial charge on any atom is 0.192 e. The molecule has 0 amide bonds. The first-order valence-corrected chi connectivity index (χ1v) is 8.86. The molecule has 0 aliphatic carbocycles. The third-order valence-corrected chi connectivity index (χ3v) is 4.79. The maximum atomic E-state index is 4.72. The number of rotatable bonds is 5. The molecule has 0 aliphatic rings. The summed E-state index contributed by atoms with van der Waals surface area (Å²) < 4.78 is 0. The number of aryl methyl sites for hydroxylation is 3. The molecule has 2 rings (SSSR count). The molecule has 2 N–H and O–H groups in total. The van der Waals surface area contributed by atoms with Gasteiger partial charge in [-0.1, -0.05) is 24.3 Å². The van der Waals surface area contributed by atoms with Crippen LogP contribution in [0, 0.1) is 20.8 Å². The van der Waals surface area contributed by atoms with E-state index in [0.29, 0.717) is 6.54 Å². The summed E-state index contributed by atoms with van der Waals surface area (Å²) in [4.78, 5) is 10.4. The number of thiazole rings is 1. The lowest BCUT2D eigenvalue weighted by molar-refractivity contribution is 0.682. The van der Waals surface area contributed by atoms with Gasteiger partial charge >= 0.3 is 0 Å². The van der Waals surface area contributed by atoms with Gasteiger partial charge in [-0.25, -0.2) is 9.98 Å². The summed E-state index contributed by atoms with van der Waals surface area (Å²) in [6, 6.07) is 8.65. The molecule has 0 radical (unpaired) electrons. The molecule has 23 heavy (non-hydrogen) atoms. The van der Waals surface area contributed by atoms with Gasteiger partial charge in [0.25, 0.3) is 0 Å². The van der Waals surface area contributed by atoms with Gasteiger partial charge in [-0.05, 0) is 45.7 Å². The largest absolute Gasteiger partial charge is 0.357 e. The summed E-state index contributed by atoms with van der Waals surface area (Å²) in [7, 11) is 0. The zero-order valence-corrected chi connectivity index (χ0v) is 15.4. The van der Waals surface area contributed by atoms with Crippen molar-refractivity contribution in [3.8, 4) is 0 Å². The van der Waals surface area contributed by atoms with Gasteiger partial charge in [0.1, 0.15) is 0 Å². The molecule has 4 nitrogen and oxygen atoms in total. The molecule has 1 atom stereocenters. The minimum atomic E-state index is 0.207. The highest BCUT2D eigenvalue weighted by molar-refractivity contribution is 7.11. The van der Waals surface area contributed by atoms with Crippen molar-refractivity contribution in [2.45, 2.75) is 47.2 Å². The molecule has 0 spiro atoms. The van der Waals surface area contributed by atoms with Crippen molar-refractivity contribution in [1.29, 1.82) is 0 Å². The van der Waals surface area contributed by atoms with Crippen LogP contribution < -0.4 is 10.6 Å². The highest BCUT2D eigenvalue weighted by Gasteiger charge is 2.10. The second-order valence-corrected chi connectivity index (χ2v) is 6.95. The van der Waals surface area contributed by atoms with E-state index in [-0.39, 0.29) is 6.04 Å². The van der Waals surface area contributed by atoms with E-state index in [2.05, 4.69) is 60.7 Å². The molecule has 1 aromatic heterocycles. The fraction of sp³-hybridized carbons (Fsp3) is 0.444. The summed E-state index contributed by atoms with van der Waals surface area (Å²) in [5.74, 6) is 0.841. The zero-order chi connectivity index (χ0) is 16.8. The Morgan fingerprint density at radius 3 is 2.61 bits per heavy atom. The van der Waals surface area contributed by atoms with E-state index in [1.807, 2.05) is 13.8 Å². The summed E-state index contributed by atoms with van der Waals surface area (Å²) in [5.41, 5.74) is 3.67. The number of benzene rings is 1. The van der Waals surface area contributed by atoms with E-state index in [1.54, 1.807) is 11.3 Å². The first kappa shape index (κ1) is 17.5. The zero-order valence-electron chi connectivity index (χ0n) is 14.6. The molecule has 0 fully saturated rings. The molecule has 1 aromatic carbocycles. The molecule has 2 aromatic rings. The van der Waals surface area contributed by atoms with E-state index >= 15 is 0 Å². The van der Waals surface area contributed by atoms with Crippen molar-refractivity contribution >= 4 is 17.3 Å². The smallest absolute Gasteiger partial charge is 0.192 e. The van der Waals surface area contributed by atoms with Gasteiger partial charge in [0, 0.05) is 11.4 Å². The predicted octanol–water partition coefficient (Wildman–Crippen LogP) is 3.88. The number of nitrogens with zero attached hydrogens (tertiary/aromatic N) is 2. The van der Waals surface area contributed by atoms with E-state index in [1.165, 1.54) is 16.0 Å². The number of nitrogens with one attached hydrogen (secondary N) is 2. The van der Waals surface area contributed by atoms with E-state index in [4.69, 9.17) is 4.99 Å². The normalized spacial score (nSPS) is 13.0. The molecule has 1 heterocycles. The van der Waals surface area contributed by atoms with Gasteiger partial charge in [0.2, 0.25) is 0 Å². The second kappa shape index (κ2) is 8.11. The molecule has 0 saturated heterocycles. The van der Waals surface area contributed by atoms with Crippen molar-refractivity contribution in [3.63, 3.8) is 0 Å². The topological polar surface area (TPSA) is 49.3 Å². The lowest BCUT2D eigenvalue weighted by Crippen LogP contribution is -2.38. The Bertz CT molecular complexity index is 675. The predicted molar refractivity (Wildman–Crippen MR) is 99.1 cm³/mol. The third-order valence-electron chi connectivity index (χ3n) is 3.73. The molecule has 0 saturated carbocycles. The summed E-state index contributed by atoms with van der Waals surface area (Å²) >= 11 is 1.72. The van der Waals surface area contributed by atoms with E-state index in [0.717, 1.165) is 23.2 Å². The van der Waals surface area contributed by atoms with Gasteiger partial charge in [-0.2, -0.15) is 0 Å². The van der Waals surface area contributed by atoms with Crippen LogP contribution in [0.3, 0.4) is 0 Å². The van der Waals surface area contributed by atoms with Crippen LogP contribution in [0.25, 0.3) is 0 Å². The highest BCUT2D eigenvalue weighted by atomic mass is 32.1. The Balaban J connectivity index is 2.10. The lowest BCUT2D eigenvalue weighted by atomic mass is 10.0. The number of guanidine groups is 1. The molecule has 0 aliphatic heterocycles. The molecule has 0 bridgehead atoms. The lowest BCUT2D eigenvalue weighted by Gasteiger charge is -2.19. The van der Waals surface area contributed by atoms with Gasteiger partial charge in [0.15, 0.2) is 5.96 Å². The average molecular weight is 331 g/mol. The van der Waals surface area contributed by atoms with Crippen LogP contribution in [-0.4, -0.2) is 17.5 Å². The summed E-state index contributed by atoms with van der Waals surface area (Å²) in [5, 5.41) is 7.91.